The van der Waals surface area contributed by atoms with Gasteiger partial charge in [0.25, 0.3) is 10.2 Å². The molecule has 2 N–H and O–H groups in total. The predicted molar refractivity (Wildman–Crippen MR) is 74.8 cm³/mol. The van der Waals surface area contributed by atoms with E-state index < -0.39 is 10.2 Å². The van der Waals surface area contributed by atoms with Gasteiger partial charge in [0.1, 0.15) is 5.75 Å². The van der Waals surface area contributed by atoms with Crippen LogP contribution < -0.4 is 39.0 Å². The van der Waals surface area contributed by atoms with Gasteiger partial charge in [-0.1, -0.05) is 26.8 Å². The Morgan fingerprint density at radius 1 is 1.35 bits per heavy atom. The minimum absolute atomic E-state index is 0. The number of rotatable bonds is 2. The van der Waals surface area contributed by atoms with Gasteiger partial charge in [-0.25, -0.2) is 8.42 Å². The molecule has 20 heavy (non-hydrogen) atoms. The first-order chi connectivity index (χ1) is 8.68. The van der Waals surface area contributed by atoms with Gasteiger partial charge in [-0.2, -0.15) is 0 Å². The van der Waals surface area contributed by atoms with E-state index in [1.807, 2.05) is 20.8 Å². The molecule has 1 aliphatic heterocycles. The first kappa shape index (κ1) is 17.3. The number of nitrogens with one attached hydrogen (secondary N) is 2. The summed E-state index contributed by atoms with van der Waals surface area (Å²) in [7, 11) is -3.81. The Balaban J connectivity index is 0.00000200. The molecule has 0 radical (unpaired) electrons. The van der Waals surface area contributed by atoms with Gasteiger partial charge < -0.3 is 14.9 Å². The maximum atomic E-state index is 11.4. The molecule has 6 nitrogen and oxygen atoms in total. The molecule has 0 spiro atoms. The van der Waals surface area contributed by atoms with Gasteiger partial charge >= 0.3 is 29.6 Å². The average molecular weight is 305 g/mol. The van der Waals surface area contributed by atoms with Crippen molar-refractivity contribution < 1.29 is 42.7 Å². The summed E-state index contributed by atoms with van der Waals surface area (Å²) in [6, 6.07) is 4.96. The predicted octanol–water partition coefficient (Wildman–Crippen LogP) is -0.415. The summed E-state index contributed by atoms with van der Waals surface area (Å²) in [4.78, 5) is 0. The Kier molecular flexibility index (Phi) is 5.13. The first-order valence-corrected chi connectivity index (χ1v) is 7.22. The van der Waals surface area contributed by atoms with Gasteiger partial charge in [-0.05, 0) is 23.4 Å². The second kappa shape index (κ2) is 5.93. The zero-order valence-electron chi connectivity index (χ0n) is 12.0. The van der Waals surface area contributed by atoms with E-state index in [0.717, 1.165) is 0 Å². The second-order valence-corrected chi connectivity index (χ2v) is 6.88. The van der Waals surface area contributed by atoms with Crippen LogP contribution in [0.25, 0.3) is 5.73 Å². The molecule has 0 saturated heterocycles. The van der Waals surface area contributed by atoms with Crippen LogP contribution in [0.1, 0.15) is 26.3 Å². The minimum atomic E-state index is -3.81. The van der Waals surface area contributed by atoms with Crippen LogP contribution >= 0.6 is 0 Å². The summed E-state index contributed by atoms with van der Waals surface area (Å²) >= 11 is 0. The average Bonchev–Trinajstić information content (AvgIpc) is 2.22. The van der Waals surface area contributed by atoms with Gasteiger partial charge in [0, 0.05) is 5.56 Å². The van der Waals surface area contributed by atoms with Crippen molar-refractivity contribution >= 4 is 21.7 Å². The molecule has 8 heteroatoms. The molecule has 104 valence electrons. The van der Waals surface area contributed by atoms with Crippen molar-refractivity contribution in [2.24, 2.45) is 9.81 Å². The Morgan fingerprint density at radius 3 is 2.60 bits per heavy atom. The normalized spacial score (nSPS) is 16.2. The van der Waals surface area contributed by atoms with Gasteiger partial charge in [0.05, 0.1) is 12.3 Å². The fourth-order valence-electron chi connectivity index (χ4n) is 1.60. The minimum Gasteiger partial charge on any atom is -0.492 e. The summed E-state index contributed by atoms with van der Waals surface area (Å²) in [6.45, 7) is 6.55. The van der Waals surface area contributed by atoms with Gasteiger partial charge in [-0.3, -0.25) is 4.72 Å². The number of hydrogen-bond donors (Lipinski definition) is 1. The third-order valence-electron chi connectivity index (χ3n) is 2.37. The SMILES string of the molecule is CC(C)(C)COc1cccc2c1C([NH-])=NS(=O)(=O)N2.[Na+]. The summed E-state index contributed by atoms with van der Waals surface area (Å²) < 4.78 is 34.1. The summed E-state index contributed by atoms with van der Waals surface area (Å²) in [6.07, 6.45) is 0. The van der Waals surface area contributed by atoms with E-state index in [1.54, 1.807) is 18.2 Å². The van der Waals surface area contributed by atoms with Crippen LogP contribution in [0.3, 0.4) is 0 Å². The van der Waals surface area contributed by atoms with E-state index in [0.29, 0.717) is 23.6 Å². The summed E-state index contributed by atoms with van der Waals surface area (Å²) in [5.41, 5.74) is 8.41. The molecule has 0 saturated carbocycles. The van der Waals surface area contributed by atoms with Crippen LogP contribution in [-0.4, -0.2) is 20.9 Å². The quantitative estimate of drug-likeness (QED) is 0.753. The van der Waals surface area contributed by atoms with Crippen LogP contribution in [0, 0.1) is 5.41 Å². The molecule has 0 bridgehead atoms. The van der Waals surface area contributed by atoms with E-state index in [4.69, 9.17) is 10.5 Å². The molecule has 0 unspecified atom stereocenters. The molecule has 1 aromatic carbocycles. The van der Waals surface area contributed by atoms with Crippen molar-refractivity contribution in [2.75, 3.05) is 11.3 Å². The largest absolute Gasteiger partial charge is 1.00 e. The van der Waals surface area contributed by atoms with Crippen LogP contribution in [0.5, 0.6) is 5.75 Å². The maximum absolute atomic E-state index is 11.4. The van der Waals surface area contributed by atoms with Crippen molar-refractivity contribution in [1.29, 1.82) is 0 Å². The van der Waals surface area contributed by atoms with Crippen molar-refractivity contribution in [1.82, 2.24) is 0 Å². The van der Waals surface area contributed by atoms with E-state index in [1.165, 1.54) is 0 Å². The number of fused-ring (bicyclic) bond motifs is 1. The van der Waals surface area contributed by atoms with Crippen molar-refractivity contribution in [2.45, 2.75) is 20.8 Å². The molecule has 0 atom stereocenters. The smallest absolute Gasteiger partial charge is 0.492 e. The molecular weight excluding hydrogens is 289 g/mol. The molecule has 1 aliphatic rings. The molecular formula is C12H16N3NaO3S. The second-order valence-electron chi connectivity index (χ2n) is 5.55. The third-order valence-corrected chi connectivity index (χ3v) is 3.27. The maximum Gasteiger partial charge on any atom is 1.00 e. The molecule has 1 heterocycles. The molecule has 0 aliphatic carbocycles. The summed E-state index contributed by atoms with van der Waals surface area (Å²) in [5, 5.41) is 0. The van der Waals surface area contributed by atoms with Crippen LogP contribution in [0.4, 0.5) is 5.69 Å². The standard InChI is InChI=1S/C12H16N3O3S.Na/c1-12(2,3)7-18-9-6-4-5-8-10(9)11(13)15-19(16,17)14-8;/h4-6,14H,7H2,1-3H3,(H-,13,15);/q-1;+1. The number of amidine groups is 1. The molecule has 0 fully saturated rings. The van der Waals surface area contributed by atoms with Gasteiger partial charge in [0.15, 0.2) is 0 Å². The number of nitrogens with zero attached hydrogens (tertiary/aromatic N) is 1. The Bertz CT molecular complexity index is 636. The van der Waals surface area contributed by atoms with Crippen LogP contribution in [-0.2, 0) is 10.2 Å². The monoisotopic (exact) mass is 305 g/mol. The molecule has 0 aromatic heterocycles. The fourth-order valence-corrected chi connectivity index (χ4v) is 2.43. The number of benzene rings is 1. The van der Waals surface area contributed by atoms with E-state index in [2.05, 4.69) is 9.12 Å². The molecule has 1 aromatic rings. The topological polar surface area (TPSA) is 91.6 Å². The Labute approximate surface area is 141 Å². The Hall–Kier alpha value is -0.760. The van der Waals surface area contributed by atoms with Crippen molar-refractivity contribution in [3.63, 3.8) is 0 Å². The number of anilines is 1. The van der Waals surface area contributed by atoms with Crippen molar-refractivity contribution in [3.05, 3.63) is 29.5 Å². The Morgan fingerprint density at radius 2 is 2.00 bits per heavy atom. The zero-order valence-corrected chi connectivity index (χ0v) is 14.8. The fraction of sp³-hybridized carbons (Fsp3) is 0.417. The zero-order chi connectivity index (χ0) is 14.3. The van der Waals surface area contributed by atoms with Crippen LogP contribution in [0.15, 0.2) is 22.6 Å². The van der Waals surface area contributed by atoms with E-state index >= 15 is 0 Å². The molecule has 0 amide bonds. The first-order valence-electron chi connectivity index (χ1n) is 5.78. The van der Waals surface area contributed by atoms with Crippen molar-refractivity contribution in [3.8, 4) is 5.75 Å². The van der Waals surface area contributed by atoms with Gasteiger partial charge in [0.2, 0.25) is 0 Å². The number of hydrogen-bond acceptors (Lipinski definition) is 3. The number of ether oxygens (including phenoxy) is 1. The van der Waals surface area contributed by atoms with Gasteiger partial charge in [-0.15, -0.1) is 0 Å². The van der Waals surface area contributed by atoms with E-state index in [9.17, 15) is 8.42 Å². The molecule has 2 rings (SSSR count). The van der Waals surface area contributed by atoms with E-state index in [-0.39, 0.29) is 40.8 Å². The van der Waals surface area contributed by atoms with Crippen LogP contribution in [0.2, 0.25) is 0 Å². The summed E-state index contributed by atoms with van der Waals surface area (Å²) in [5.74, 6) is 0.154. The third kappa shape index (κ3) is 4.12.